The van der Waals surface area contributed by atoms with E-state index in [2.05, 4.69) is 62.4 Å². The summed E-state index contributed by atoms with van der Waals surface area (Å²) in [5.41, 5.74) is 9.51. The molecule has 0 unspecified atom stereocenters. The first kappa shape index (κ1) is 53.1. The van der Waals surface area contributed by atoms with Gasteiger partial charge in [-0.15, -0.1) is 0 Å². The Bertz CT molecular complexity index is 2400. The van der Waals surface area contributed by atoms with Crippen molar-refractivity contribution in [2.24, 2.45) is 0 Å². The van der Waals surface area contributed by atoms with Crippen LogP contribution in [0.1, 0.15) is 185 Å². The number of hydrogen-bond donors (Lipinski definition) is 0. The molecule has 0 bridgehead atoms. The third-order valence-corrected chi connectivity index (χ3v) is 13.5. The van der Waals surface area contributed by atoms with Gasteiger partial charge in [-0.3, -0.25) is 0 Å². The average molecular weight is 965 g/mol. The van der Waals surface area contributed by atoms with Gasteiger partial charge in [-0.05, 0) is 130 Å². The molecule has 0 aromatic heterocycles. The summed E-state index contributed by atoms with van der Waals surface area (Å²) in [6.07, 6.45) is 25.7. The summed E-state index contributed by atoms with van der Waals surface area (Å²) in [6.45, 7) is 5.87. The maximum Gasteiger partial charge on any atom is 0.343 e. The van der Waals surface area contributed by atoms with Crippen molar-refractivity contribution in [3.63, 3.8) is 0 Å². The molecule has 0 saturated carbocycles. The highest BCUT2D eigenvalue weighted by atomic mass is 16.5. The molecular weight excluding hydrogens is 889 g/mol. The number of benzene rings is 6. The van der Waals surface area contributed by atoms with Gasteiger partial charge in [0.1, 0.15) is 23.0 Å². The maximum atomic E-state index is 13.3. The number of ether oxygens (including phenoxy) is 4. The molecule has 6 aromatic rings. The third-order valence-electron chi connectivity index (χ3n) is 13.5. The van der Waals surface area contributed by atoms with Crippen molar-refractivity contribution >= 4 is 34.2 Å². The Balaban J connectivity index is 0.947. The molecule has 0 amide bonds. The molecule has 0 saturated heterocycles. The van der Waals surface area contributed by atoms with E-state index in [1.54, 1.807) is 24.3 Å². The quantitative estimate of drug-likeness (QED) is 0.0238. The van der Waals surface area contributed by atoms with Crippen LogP contribution in [-0.2, 0) is 0 Å². The van der Waals surface area contributed by atoms with Gasteiger partial charge in [-0.25, -0.2) is 9.59 Å². The van der Waals surface area contributed by atoms with Crippen LogP contribution < -0.4 is 18.9 Å². The molecule has 0 spiro atoms. The standard InChI is InChI=1S/C66H76O6/c1-3-5-7-9-11-13-15-17-19-27-49-69-57-41-37-55(38-42-57)65(67)71-59-45-33-53(34-46-59)63-61(51-29-23-21-24-30-51)64(62(63)52-31-25-22-26-32-52)54-35-47-60(48-36-54)72-66(68)56-39-43-58(44-40-56)70-50-28-20-18-16-14-12-10-8-6-4-2/h21-26,29-48H,3-20,27-28,49-50H2,1-2H3. The van der Waals surface area contributed by atoms with Gasteiger partial charge in [0.05, 0.1) is 24.3 Å². The Hall–Kier alpha value is -6.66. The summed E-state index contributed by atoms with van der Waals surface area (Å²) in [5, 5.41) is 0. The minimum atomic E-state index is -0.421. The highest BCUT2D eigenvalue weighted by Gasteiger charge is 2.33. The second-order valence-corrected chi connectivity index (χ2v) is 19.2. The van der Waals surface area contributed by atoms with E-state index in [0.29, 0.717) is 35.8 Å². The topological polar surface area (TPSA) is 71.1 Å². The van der Waals surface area contributed by atoms with Gasteiger partial charge >= 0.3 is 11.9 Å². The summed E-state index contributed by atoms with van der Waals surface area (Å²) >= 11 is 0. The predicted octanol–water partition coefficient (Wildman–Crippen LogP) is 18.3. The van der Waals surface area contributed by atoms with Crippen LogP contribution in [0.2, 0.25) is 0 Å². The van der Waals surface area contributed by atoms with Crippen LogP contribution in [0, 0.1) is 0 Å². The molecule has 0 atom stereocenters. The summed E-state index contributed by atoms with van der Waals surface area (Å²) in [4.78, 5) is 26.6. The first-order valence-electron chi connectivity index (χ1n) is 27.2. The smallest absolute Gasteiger partial charge is 0.343 e. The molecule has 0 heterocycles. The fraction of sp³-hybridized carbons (Fsp3) is 0.364. The van der Waals surface area contributed by atoms with E-state index in [1.807, 2.05) is 84.9 Å². The summed E-state index contributed by atoms with van der Waals surface area (Å²) in [5.74, 6) is 1.60. The van der Waals surface area contributed by atoms with E-state index in [-0.39, 0.29) is 0 Å². The molecule has 0 radical (unpaired) electrons. The van der Waals surface area contributed by atoms with Gasteiger partial charge in [0.15, 0.2) is 0 Å². The minimum absolute atomic E-state index is 0.421. The normalized spacial score (nSPS) is 12.1. The van der Waals surface area contributed by atoms with Gasteiger partial charge in [-0.2, -0.15) is 0 Å². The fourth-order valence-electron chi connectivity index (χ4n) is 9.45. The lowest BCUT2D eigenvalue weighted by Crippen LogP contribution is -2.11. The van der Waals surface area contributed by atoms with Crippen LogP contribution in [0.25, 0.3) is 22.3 Å². The number of unbranched alkanes of at least 4 members (excludes halogenated alkanes) is 18. The first-order valence-corrected chi connectivity index (χ1v) is 27.2. The van der Waals surface area contributed by atoms with Crippen molar-refractivity contribution in [2.75, 3.05) is 13.2 Å². The number of allylic oxidation sites excluding steroid dienone is 4. The van der Waals surface area contributed by atoms with Crippen LogP contribution in [-0.4, -0.2) is 25.2 Å². The van der Waals surface area contributed by atoms with Crippen LogP contribution in [0.15, 0.2) is 158 Å². The zero-order chi connectivity index (χ0) is 50.0. The maximum absolute atomic E-state index is 13.3. The van der Waals surface area contributed by atoms with Crippen LogP contribution in [0.5, 0.6) is 23.0 Å². The lowest BCUT2D eigenvalue weighted by Gasteiger charge is -2.33. The Morgan fingerprint density at radius 3 is 0.861 bits per heavy atom. The monoisotopic (exact) mass is 965 g/mol. The summed E-state index contributed by atoms with van der Waals surface area (Å²) in [7, 11) is 0. The molecular formula is C66H76O6. The lowest BCUT2D eigenvalue weighted by atomic mass is 9.69. The van der Waals surface area contributed by atoms with Crippen LogP contribution in [0.3, 0.4) is 0 Å². The molecule has 376 valence electrons. The average Bonchev–Trinajstić information content (AvgIpc) is 3.41. The van der Waals surface area contributed by atoms with Crippen molar-refractivity contribution in [1.29, 1.82) is 0 Å². The molecule has 0 N–H and O–H groups in total. The van der Waals surface area contributed by atoms with Crippen molar-refractivity contribution in [3.8, 4) is 23.0 Å². The molecule has 0 aliphatic heterocycles. The van der Waals surface area contributed by atoms with Gasteiger partial charge in [0.2, 0.25) is 0 Å². The van der Waals surface area contributed by atoms with Crippen molar-refractivity contribution in [3.05, 3.63) is 191 Å². The zero-order valence-corrected chi connectivity index (χ0v) is 43.0. The van der Waals surface area contributed by atoms with E-state index < -0.39 is 11.9 Å². The van der Waals surface area contributed by atoms with Crippen molar-refractivity contribution in [2.45, 2.75) is 142 Å². The summed E-state index contributed by atoms with van der Waals surface area (Å²) < 4.78 is 23.7. The largest absolute Gasteiger partial charge is 0.494 e. The predicted molar refractivity (Wildman–Crippen MR) is 297 cm³/mol. The highest BCUT2D eigenvalue weighted by Crippen LogP contribution is 2.56. The fourth-order valence-corrected chi connectivity index (χ4v) is 9.45. The Labute approximate surface area is 430 Å². The number of rotatable bonds is 32. The first-order chi connectivity index (χ1) is 35.5. The highest BCUT2D eigenvalue weighted by molar-refractivity contribution is 6.43. The third kappa shape index (κ3) is 16.2. The second kappa shape index (κ2) is 29.6. The lowest BCUT2D eigenvalue weighted by molar-refractivity contribution is 0.0725. The van der Waals surface area contributed by atoms with Gasteiger partial charge in [-0.1, -0.05) is 214 Å². The Kier molecular flexibility index (Phi) is 21.9. The molecule has 0 fully saturated rings. The van der Waals surface area contributed by atoms with E-state index in [9.17, 15) is 9.59 Å². The van der Waals surface area contributed by atoms with Crippen molar-refractivity contribution in [1.82, 2.24) is 0 Å². The number of esters is 2. The zero-order valence-electron chi connectivity index (χ0n) is 43.0. The molecule has 6 nitrogen and oxygen atoms in total. The van der Waals surface area contributed by atoms with E-state index in [0.717, 1.165) is 68.9 Å². The molecule has 1 aliphatic carbocycles. The molecule has 7 rings (SSSR count). The molecule has 6 heteroatoms. The molecule has 6 aromatic carbocycles. The van der Waals surface area contributed by atoms with Crippen LogP contribution >= 0.6 is 0 Å². The number of carbonyl (C=O) groups excluding carboxylic acids is 2. The SMILES string of the molecule is CCCCCCCCCCCCOc1ccc(C(=O)Oc2ccc(C3=C(c4ccccc4)C(c4ccc(OC(=O)c5ccc(OCCCCCCCCCCCC)cc5)cc4)=C3c3ccccc3)cc2)cc1. The van der Waals surface area contributed by atoms with E-state index in [4.69, 9.17) is 18.9 Å². The Morgan fingerprint density at radius 2 is 0.556 bits per heavy atom. The van der Waals surface area contributed by atoms with Crippen molar-refractivity contribution < 1.29 is 28.5 Å². The van der Waals surface area contributed by atoms with Gasteiger partial charge in [0.25, 0.3) is 0 Å². The summed E-state index contributed by atoms with van der Waals surface area (Å²) in [6, 6.07) is 50.7. The van der Waals surface area contributed by atoms with E-state index >= 15 is 0 Å². The molecule has 1 aliphatic rings. The van der Waals surface area contributed by atoms with Gasteiger partial charge < -0.3 is 18.9 Å². The van der Waals surface area contributed by atoms with Gasteiger partial charge in [0, 0.05) is 0 Å². The van der Waals surface area contributed by atoms with Crippen LogP contribution in [0.4, 0.5) is 0 Å². The number of carbonyl (C=O) groups is 2. The molecule has 72 heavy (non-hydrogen) atoms. The van der Waals surface area contributed by atoms with E-state index in [1.165, 1.54) is 116 Å². The minimum Gasteiger partial charge on any atom is -0.494 e. The number of hydrogen-bond acceptors (Lipinski definition) is 6. The Morgan fingerprint density at radius 1 is 0.292 bits per heavy atom. The second-order valence-electron chi connectivity index (χ2n) is 19.2.